The Morgan fingerprint density at radius 2 is 2.33 bits per heavy atom. The molecule has 21 heavy (non-hydrogen) atoms. The van der Waals surface area contributed by atoms with E-state index in [1.54, 1.807) is 0 Å². The summed E-state index contributed by atoms with van der Waals surface area (Å²) in [6.07, 6.45) is 2.38. The lowest BCUT2D eigenvalue weighted by molar-refractivity contribution is 0.0672. The van der Waals surface area contributed by atoms with Gasteiger partial charge in [0.2, 0.25) is 0 Å². The van der Waals surface area contributed by atoms with Crippen LogP contribution in [0.2, 0.25) is 5.02 Å². The standard InChI is InChI=1S/C16H24ClNO3/c1-2-18(7-8-19)11-13-10-14(17)5-6-16(13)21-12-15-4-3-9-20-15/h5-6,10,15,19H,2-4,7-9,11-12H2,1H3. The van der Waals surface area contributed by atoms with Crippen molar-refractivity contribution in [2.75, 3.05) is 32.9 Å². The summed E-state index contributed by atoms with van der Waals surface area (Å²) in [5, 5.41) is 9.80. The van der Waals surface area contributed by atoms with Crippen LogP contribution in [0.5, 0.6) is 5.75 Å². The zero-order valence-corrected chi connectivity index (χ0v) is 13.3. The molecule has 1 saturated heterocycles. The van der Waals surface area contributed by atoms with E-state index in [1.165, 1.54) is 0 Å². The third-order valence-corrected chi connectivity index (χ3v) is 3.96. The molecular weight excluding hydrogens is 290 g/mol. The topological polar surface area (TPSA) is 41.9 Å². The second kappa shape index (κ2) is 8.59. The number of hydrogen-bond acceptors (Lipinski definition) is 4. The molecule has 0 saturated carbocycles. The van der Waals surface area contributed by atoms with Crippen LogP contribution in [-0.4, -0.2) is 49.0 Å². The van der Waals surface area contributed by atoms with Crippen LogP contribution in [0.3, 0.4) is 0 Å². The largest absolute Gasteiger partial charge is 0.491 e. The Labute approximate surface area is 131 Å². The van der Waals surface area contributed by atoms with E-state index in [9.17, 15) is 0 Å². The molecule has 1 atom stereocenters. The lowest BCUT2D eigenvalue weighted by Crippen LogP contribution is -2.26. The normalized spacial score (nSPS) is 18.4. The number of rotatable bonds is 8. The second-order valence-electron chi connectivity index (χ2n) is 5.29. The molecule has 0 bridgehead atoms. The van der Waals surface area contributed by atoms with Crippen molar-refractivity contribution >= 4 is 11.6 Å². The van der Waals surface area contributed by atoms with Gasteiger partial charge in [-0.05, 0) is 37.6 Å². The molecule has 1 unspecified atom stereocenters. The van der Waals surface area contributed by atoms with Crippen molar-refractivity contribution in [3.05, 3.63) is 28.8 Å². The first-order valence-electron chi connectivity index (χ1n) is 7.59. The number of hydrogen-bond donors (Lipinski definition) is 1. The first-order chi connectivity index (χ1) is 10.2. The summed E-state index contributed by atoms with van der Waals surface area (Å²) in [6.45, 7) is 5.89. The van der Waals surface area contributed by atoms with Gasteiger partial charge in [0.25, 0.3) is 0 Å². The van der Waals surface area contributed by atoms with Gasteiger partial charge in [-0.2, -0.15) is 0 Å². The molecule has 0 spiro atoms. The zero-order chi connectivity index (χ0) is 15.1. The van der Waals surface area contributed by atoms with E-state index < -0.39 is 0 Å². The Morgan fingerprint density at radius 1 is 1.48 bits per heavy atom. The molecule has 0 radical (unpaired) electrons. The zero-order valence-electron chi connectivity index (χ0n) is 12.6. The Kier molecular flexibility index (Phi) is 6.77. The number of halogens is 1. The van der Waals surface area contributed by atoms with Gasteiger partial charge in [-0.3, -0.25) is 4.90 Å². The van der Waals surface area contributed by atoms with Gasteiger partial charge in [0.15, 0.2) is 0 Å². The van der Waals surface area contributed by atoms with Gasteiger partial charge >= 0.3 is 0 Å². The predicted octanol–water partition coefficient (Wildman–Crippen LogP) is 2.71. The van der Waals surface area contributed by atoms with Gasteiger partial charge in [0, 0.05) is 30.3 Å². The first kappa shape index (κ1) is 16.6. The van der Waals surface area contributed by atoms with Gasteiger partial charge in [-0.25, -0.2) is 0 Å². The minimum atomic E-state index is 0.153. The summed E-state index contributed by atoms with van der Waals surface area (Å²) < 4.78 is 11.5. The summed E-state index contributed by atoms with van der Waals surface area (Å²) in [4.78, 5) is 2.16. The van der Waals surface area contributed by atoms with Crippen LogP contribution in [0.1, 0.15) is 25.3 Å². The van der Waals surface area contributed by atoms with Crippen LogP contribution in [0.4, 0.5) is 0 Å². The highest BCUT2D eigenvalue weighted by molar-refractivity contribution is 6.30. The van der Waals surface area contributed by atoms with E-state index >= 15 is 0 Å². The number of nitrogens with zero attached hydrogens (tertiary/aromatic N) is 1. The van der Waals surface area contributed by atoms with Crippen LogP contribution < -0.4 is 4.74 Å². The molecule has 1 N–H and O–H groups in total. The van der Waals surface area contributed by atoms with Crippen molar-refractivity contribution in [2.24, 2.45) is 0 Å². The Balaban J connectivity index is 2.01. The highest BCUT2D eigenvalue weighted by Gasteiger charge is 2.17. The van der Waals surface area contributed by atoms with Crippen LogP contribution in [0, 0.1) is 0 Å². The molecule has 1 fully saturated rings. The summed E-state index contributed by atoms with van der Waals surface area (Å²) in [5.41, 5.74) is 1.05. The molecule has 5 heteroatoms. The van der Waals surface area contributed by atoms with Gasteiger partial charge in [0.1, 0.15) is 12.4 Å². The Morgan fingerprint density at radius 3 is 3.00 bits per heavy atom. The van der Waals surface area contributed by atoms with Crippen LogP contribution >= 0.6 is 11.6 Å². The smallest absolute Gasteiger partial charge is 0.124 e. The quantitative estimate of drug-likeness (QED) is 0.801. The fourth-order valence-corrected chi connectivity index (χ4v) is 2.70. The summed E-state index contributed by atoms with van der Waals surface area (Å²) in [6, 6.07) is 5.70. The molecule has 118 valence electrons. The van der Waals surface area contributed by atoms with Crippen molar-refractivity contribution in [1.82, 2.24) is 4.90 Å². The van der Waals surface area contributed by atoms with Crippen molar-refractivity contribution < 1.29 is 14.6 Å². The molecule has 1 heterocycles. The number of aliphatic hydroxyl groups is 1. The van der Waals surface area contributed by atoms with E-state index in [2.05, 4.69) is 11.8 Å². The minimum absolute atomic E-state index is 0.153. The van der Waals surface area contributed by atoms with E-state index in [4.69, 9.17) is 26.2 Å². The molecule has 4 nitrogen and oxygen atoms in total. The average molecular weight is 314 g/mol. The maximum absolute atomic E-state index is 9.10. The van der Waals surface area contributed by atoms with E-state index in [0.29, 0.717) is 18.2 Å². The predicted molar refractivity (Wildman–Crippen MR) is 84.0 cm³/mol. The van der Waals surface area contributed by atoms with Crippen molar-refractivity contribution in [1.29, 1.82) is 0 Å². The fourth-order valence-electron chi connectivity index (χ4n) is 2.50. The molecule has 0 aromatic heterocycles. The van der Waals surface area contributed by atoms with Crippen LogP contribution in [-0.2, 0) is 11.3 Å². The molecule has 0 aliphatic carbocycles. The minimum Gasteiger partial charge on any atom is -0.491 e. The molecule has 1 aliphatic rings. The van der Waals surface area contributed by atoms with Crippen molar-refractivity contribution in [3.63, 3.8) is 0 Å². The van der Waals surface area contributed by atoms with Gasteiger partial charge in [-0.1, -0.05) is 18.5 Å². The fraction of sp³-hybridized carbons (Fsp3) is 0.625. The molecule has 1 aromatic rings. The third kappa shape index (κ3) is 5.15. The highest BCUT2D eigenvalue weighted by atomic mass is 35.5. The Bertz CT molecular complexity index is 436. The average Bonchev–Trinajstić information content (AvgIpc) is 2.99. The Hall–Kier alpha value is -0.810. The van der Waals surface area contributed by atoms with Crippen LogP contribution in [0.15, 0.2) is 18.2 Å². The SMILES string of the molecule is CCN(CCO)Cc1cc(Cl)ccc1OCC1CCCO1. The molecule has 0 amide bonds. The van der Waals surface area contributed by atoms with Gasteiger partial charge in [-0.15, -0.1) is 0 Å². The van der Waals surface area contributed by atoms with Crippen LogP contribution in [0.25, 0.3) is 0 Å². The maximum Gasteiger partial charge on any atom is 0.124 e. The summed E-state index contributed by atoms with van der Waals surface area (Å²) >= 11 is 6.10. The van der Waals surface area contributed by atoms with E-state index in [1.807, 2.05) is 18.2 Å². The number of likely N-dealkylation sites (N-methyl/N-ethyl adjacent to an activating group) is 1. The van der Waals surface area contributed by atoms with E-state index in [-0.39, 0.29) is 12.7 Å². The lowest BCUT2D eigenvalue weighted by atomic mass is 10.2. The molecule has 2 rings (SSSR count). The first-order valence-corrected chi connectivity index (χ1v) is 7.96. The highest BCUT2D eigenvalue weighted by Crippen LogP contribution is 2.25. The third-order valence-electron chi connectivity index (χ3n) is 3.73. The molecule has 1 aromatic carbocycles. The maximum atomic E-state index is 9.10. The number of aliphatic hydroxyl groups excluding tert-OH is 1. The molecule has 1 aliphatic heterocycles. The van der Waals surface area contributed by atoms with E-state index in [0.717, 1.165) is 43.9 Å². The summed E-state index contributed by atoms with van der Waals surface area (Å²) in [7, 11) is 0. The lowest BCUT2D eigenvalue weighted by Gasteiger charge is -2.21. The second-order valence-corrected chi connectivity index (χ2v) is 5.73. The molecular formula is C16H24ClNO3. The van der Waals surface area contributed by atoms with Gasteiger partial charge < -0.3 is 14.6 Å². The number of benzene rings is 1. The summed E-state index contributed by atoms with van der Waals surface area (Å²) in [5.74, 6) is 0.853. The van der Waals surface area contributed by atoms with Crippen molar-refractivity contribution in [2.45, 2.75) is 32.4 Å². The van der Waals surface area contributed by atoms with Gasteiger partial charge in [0.05, 0.1) is 12.7 Å². The van der Waals surface area contributed by atoms with Crippen molar-refractivity contribution in [3.8, 4) is 5.75 Å². The number of ether oxygens (including phenoxy) is 2. The monoisotopic (exact) mass is 313 g/mol.